The number of aromatic nitrogens is 3. The average molecular weight is 907 g/mol. The maximum absolute atomic E-state index is 2.57. The summed E-state index contributed by atoms with van der Waals surface area (Å²) < 4.78 is 7.53. The van der Waals surface area contributed by atoms with E-state index in [9.17, 15) is 0 Å². The average Bonchev–Trinajstić information content (AvgIpc) is 4.13. The van der Waals surface area contributed by atoms with Gasteiger partial charge in [0.25, 0.3) is 0 Å². The number of fused-ring (bicyclic) bond motifs is 15. The minimum absolute atomic E-state index is 0.111. The van der Waals surface area contributed by atoms with Crippen molar-refractivity contribution in [3.8, 4) is 28.2 Å². The van der Waals surface area contributed by atoms with E-state index in [0.29, 0.717) is 0 Å². The van der Waals surface area contributed by atoms with Gasteiger partial charge in [-0.2, -0.15) is 0 Å². The van der Waals surface area contributed by atoms with Crippen LogP contribution in [-0.2, 0) is 5.41 Å². The molecule has 0 spiro atoms. The van der Waals surface area contributed by atoms with E-state index < -0.39 is 0 Å². The molecule has 15 rings (SSSR count). The molecule has 334 valence electrons. The molecule has 0 N–H and O–H groups in total. The van der Waals surface area contributed by atoms with Crippen LogP contribution in [0.5, 0.6) is 0 Å². The zero-order valence-electron chi connectivity index (χ0n) is 39.4. The van der Waals surface area contributed by atoms with E-state index in [0.717, 1.165) is 28.4 Å². The van der Waals surface area contributed by atoms with Gasteiger partial charge < -0.3 is 18.6 Å². The van der Waals surface area contributed by atoms with Gasteiger partial charge in [-0.15, -0.1) is 0 Å². The molecule has 1 aliphatic rings. The zero-order valence-corrected chi connectivity index (χ0v) is 39.4. The van der Waals surface area contributed by atoms with Crippen molar-refractivity contribution in [2.75, 3.05) is 4.90 Å². The van der Waals surface area contributed by atoms with E-state index in [1.807, 2.05) is 0 Å². The predicted molar refractivity (Wildman–Crippen MR) is 299 cm³/mol. The van der Waals surface area contributed by atoms with Crippen molar-refractivity contribution >= 4 is 93.3 Å². The van der Waals surface area contributed by atoms with Crippen LogP contribution in [0, 0.1) is 0 Å². The SMILES string of the molecule is CC1(C)c2ccccc2-c2ccc(-n3c4ccccc4c4c3ccc3c5ccc6c(c7ccccc7n6-c6ccc(N(c7ccccc7)c7cccc8ccccc78)cc6)c5n(-c5ccccc5)c34)cc21. The first-order chi connectivity index (χ1) is 35.0. The Bertz CT molecular complexity index is 4470. The second-order valence-electron chi connectivity index (χ2n) is 19.7. The zero-order chi connectivity index (χ0) is 47.0. The molecule has 3 heterocycles. The molecule has 0 amide bonds. The van der Waals surface area contributed by atoms with Crippen LogP contribution in [0.1, 0.15) is 25.0 Å². The summed E-state index contributed by atoms with van der Waals surface area (Å²) in [5.41, 5.74) is 19.3. The molecule has 0 bridgehead atoms. The Balaban J connectivity index is 0.976. The molecule has 11 aromatic carbocycles. The second kappa shape index (κ2) is 14.9. The van der Waals surface area contributed by atoms with E-state index in [1.54, 1.807) is 0 Å². The van der Waals surface area contributed by atoms with Gasteiger partial charge in [0.1, 0.15) is 0 Å². The standard InChI is InChI=1S/C67H46N4/c1-67(2)56-28-14-11-25-50(56)51-37-36-48(42-57(51)67)70-60-30-16-13-27-55(60)64-62(70)41-39-53-52-38-40-61-63(65(52)71(66(53)64)45-22-7-4-8-23-45)54-26-12-15-29-59(54)69(61)47-34-32-46(33-35-47)68(44-20-5-3-6-21-44)58-31-17-19-43-18-9-10-24-49(43)58/h3-42H,1-2H3. The Kier molecular flexibility index (Phi) is 8.38. The van der Waals surface area contributed by atoms with Crippen molar-refractivity contribution in [2.45, 2.75) is 19.3 Å². The fraction of sp³-hybridized carbons (Fsp3) is 0.0448. The van der Waals surface area contributed by atoms with Gasteiger partial charge in [-0.25, -0.2) is 0 Å². The van der Waals surface area contributed by atoms with Crippen LogP contribution in [0.2, 0.25) is 0 Å². The summed E-state index contributed by atoms with van der Waals surface area (Å²) in [7, 11) is 0. The quantitative estimate of drug-likeness (QED) is 0.163. The lowest BCUT2D eigenvalue weighted by atomic mass is 9.82. The van der Waals surface area contributed by atoms with E-state index in [-0.39, 0.29) is 5.41 Å². The van der Waals surface area contributed by atoms with E-state index in [4.69, 9.17) is 0 Å². The molecular formula is C67H46N4. The topological polar surface area (TPSA) is 18.0 Å². The lowest BCUT2D eigenvalue weighted by molar-refractivity contribution is 0.660. The van der Waals surface area contributed by atoms with Gasteiger partial charge in [-0.05, 0) is 119 Å². The van der Waals surface area contributed by atoms with Gasteiger partial charge in [-0.1, -0.05) is 166 Å². The summed E-state index contributed by atoms with van der Waals surface area (Å²) in [5, 5.41) is 9.85. The van der Waals surface area contributed by atoms with Crippen molar-refractivity contribution in [1.82, 2.24) is 13.7 Å². The highest BCUT2D eigenvalue weighted by Crippen LogP contribution is 2.51. The maximum atomic E-state index is 2.57. The molecule has 71 heavy (non-hydrogen) atoms. The van der Waals surface area contributed by atoms with Gasteiger partial charge in [0, 0.05) is 71.6 Å². The Morgan fingerprint density at radius 1 is 0.324 bits per heavy atom. The normalized spacial score (nSPS) is 13.0. The minimum atomic E-state index is -0.111. The largest absolute Gasteiger partial charge is 0.310 e. The summed E-state index contributed by atoms with van der Waals surface area (Å²) in [5.74, 6) is 0. The smallest absolute Gasteiger partial charge is 0.0641 e. The van der Waals surface area contributed by atoms with Crippen LogP contribution in [0.25, 0.3) is 104 Å². The lowest BCUT2D eigenvalue weighted by Gasteiger charge is -2.27. The molecule has 0 fully saturated rings. The Morgan fingerprint density at radius 3 is 1.52 bits per heavy atom. The highest BCUT2D eigenvalue weighted by Gasteiger charge is 2.36. The molecule has 0 saturated heterocycles. The molecule has 1 aliphatic carbocycles. The summed E-state index contributed by atoms with van der Waals surface area (Å²) in [6.07, 6.45) is 0. The molecule has 0 radical (unpaired) electrons. The first-order valence-corrected chi connectivity index (χ1v) is 24.7. The Hall–Kier alpha value is -9.12. The maximum Gasteiger partial charge on any atom is 0.0641 e. The van der Waals surface area contributed by atoms with Gasteiger partial charge in [0.05, 0.1) is 38.8 Å². The van der Waals surface area contributed by atoms with Gasteiger partial charge in [0.2, 0.25) is 0 Å². The van der Waals surface area contributed by atoms with Crippen molar-refractivity contribution in [3.05, 3.63) is 254 Å². The van der Waals surface area contributed by atoms with Crippen LogP contribution in [-0.4, -0.2) is 13.7 Å². The lowest BCUT2D eigenvalue weighted by Crippen LogP contribution is -2.15. The fourth-order valence-corrected chi connectivity index (χ4v) is 12.5. The van der Waals surface area contributed by atoms with Crippen molar-refractivity contribution in [1.29, 1.82) is 0 Å². The van der Waals surface area contributed by atoms with Crippen molar-refractivity contribution in [3.63, 3.8) is 0 Å². The Labute approximate surface area is 411 Å². The van der Waals surface area contributed by atoms with Crippen LogP contribution in [0.15, 0.2) is 243 Å². The van der Waals surface area contributed by atoms with E-state index in [1.165, 1.54) is 104 Å². The monoisotopic (exact) mass is 906 g/mol. The number of hydrogen-bond acceptors (Lipinski definition) is 1. The third-order valence-corrected chi connectivity index (χ3v) is 15.6. The third-order valence-electron chi connectivity index (χ3n) is 15.6. The third kappa shape index (κ3) is 5.61. The van der Waals surface area contributed by atoms with Crippen LogP contribution >= 0.6 is 0 Å². The number of hydrogen-bond donors (Lipinski definition) is 0. The van der Waals surface area contributed by atoms with Crippen molar-refractivity contribution in [2.24, 2.45) is 0 Å². The Morgan fingerprint density at radius 2 is 0.831 bits per heavy atom. The minimum Gasteiger partial charge on any atom is -0.310 e. The first kappa shape index (κ1) is 39.8. The highest BCUT2D eigenvalue weighted by molar-refractivity contribution is 6.31. The number of nitrogens with zero attached hydrogens (tertiary/aromatic N) is 4. The molecule has 0 saturated carbocycles. The molecule has 4 heteroatoms. The molecule has 0 unspecified atom stereocenters. The number of benzene rings is 11. The predicted octanol–water partition coefficient (Wildman–Crippen LogP) is 17.9. The van der Waals surface area contributed by atoms with Crippen LogP contribution in [0.4, 0.5) is 17.1 Å². The first-order valence-electron chi connectivity index (χ1n) is 24.7. The number of rotatable bonds is 6. The molecule has 0 atom stereocenters. The summed E-state index contributed by atoms with van der Waals surface area (Å²) in [4.78, 5) is 2.38. The molecule has 4 nitrogen and oxygen atoms in total. The van der Waals surface area contributed by atoms with E-state index in [2.05, 4.69) is 275 Å². The summed E-state index contributed by atoms with van der Waals surface area (Å²) >= 11 is 0. The van der Waals surface area contributed by atoms with Gasteiger partial charge in [-0.3, -0.25) is 0 Å². The molecule has 0 aliphatic heterocycles. The fourth-order valence-electron chi connectivity index (χ4n) is 12.5. The van der Waals surface area contributed by atoms with Crippen molar-refractivity contribution < 1.29 is 0 Å². The molecule has 3 aromatic heterocycles. The molecule has 14 aromatic rings. The van der Waals surface area contributed by atoms with Crippen LogP contribution in [0.3, 0.4) is 0 Å². The van der Waals surface area contributed by atoms with Crippen LogP contribution < -0.4 is 4.90 Å². The van der Waals surface area contributed by atoms with Gasteiger partial charge >= 0.3 is 0 Å². The second-order valence-corrected chi connectivity index (χ2v) is 19.7. The van der Waals surface area contributed by atoms with E-state index >= 15 is 0 Å². The summed E-state index contributed by atoms with van der Waals surface area (Å²) in [6, 6.07) is 89.5. The van der Waals surface area contributed by atoms with Gasteiger partial charge in [0.15, 0.2) is 0 Å². The molecular weight excluding hydrogens is 861 g/mol. The highest BCUT2D eigenvalue weighted by atomic mass is 15.1. The number of anilines is 3. The summed E-state index contributed by atoms with van der Waals surface area (Å²) in [6.45, 7) is 4.74. The number of para-hydroxylation sites is 4.